The molecule has 1 aromatic rings. The minimum Gasteiger partial charge on any atom is -0.212 e. The fourth-order valence-electron chi connectivity index (χ4n) is 3.43. The lowest BCUT2D eigenvalue weighted by molar-refractivity contribution is 0.273. The van der Waals surface area contributed by atoms with Gasteiger partial charge in [-0.3, -0.25) is 0 Å². The Kier molecular flexibility index (Phi) is 5.01. The minimum atomic E-state index is -3.55. The van der Waals surface area contributed by atoms with Crippen molar-refractivity contribution < 1.29 is 16.8 Å². The highest BCUT2D eigenvalue weighted by Gasteiger charge is 2.32. The summed E-state index contributed by atoms with van der Waals surface area (Å²) in [5.74, 6) is 0.116. The summed E-state index contributed by atoms with van der Waals surface area (Å²) in [6.07, 6.45) is 3.59. The van der Waals surface area contributed by atoms with Gasteiger partial charge in [-0.05, 0) is 48.9 Å². The molecule has 1 aliphatic carbocycles. The number of nitrogens with zero attached hydrogens (tertiary/aromatic N) is 2. The van der Waals surface area contributed by atoms with E-state index in [2.05, 4.69) is 0 Å². The summed E-state index contributed by atoms with van der Waals surface area (Å²) >= 11 is 0. The van der Waals surface area contributed by atoms with Crippen LogP contribution in [0.25, 0.3) is 0 Å². The topological polar surface area (TPSA) is 74.8 Å². The van der Waals surface area contributed by atoms with Gasteiger partial charge in [0, 0.05) is 26.2 Å². The lowest BCUT2D eigenvalue weighted by Gasteiger charge is -2.33. The second kappa shape index (κ2) is 6.74. The van der Waals surface area contributed by atoms with Gasteiger partial charge in [0.15, 0.2) is 0 Å². The maximum atomic E-state index is 12.8. The van der Waals surface area contributed by atoms with E-state index < -0.39 is 20.0 Å². The van der Waals surface area contributed by atoms with Crippen LogP contribution in [0.5, 0.6) is 0 Å². The van der Waals surface area contributed by atoms with Gasteiger partial charge in [0.05, 0.1) is 10.6 Å². The summed E-state index contributed by atoms with van der Waals surface area (Å²) in [7, 11) is -6.82. The van der Waals surface area contributed by atoms with Crippen molar-refractivity contribution in [2.24, 2.45) is 0 Å². The summed E-state index contributed by atoms with van der Waals surface area (Å²) in [6.45, 7) is 2.70. The van der Waals surface area contributed by atoms with E-state index in [-0.39, 0.29) is 31.9 Å². The van der Waals surface area contributed by atoms with E-state index in [1.54, 1.807) is 12.1 Å². The summed E-state index contributed by atoms with van der Waals surface area (Å²) in [5, 5.41) is 0. The standard InChI is InChI=1S/C16H24N2O4S2/c1-2-12-23(19,20)17-8-10-18(11-9-17)24(21,22)16-7-6-14-4-3-5-15(14)13-16/h6-7,13H,2-5,8-12H2,1H3. The number of hydrogen-bond acceptors (Lipinski definition) is 4. The van der Waals surface area contributed by atoms with Gasteiger partial charge in [-0.15, -0.1) is 0 Å². The number of aryl methyl sites for hydroxylation is 2. The van der Waals surface area contributed by atoms with Crippen molar-refractivity contribution in [3.63, 3.8) is 0 Å². The van der Waals surface area contributed by atoms with Crippen molar-refractivity contribution in [3.05, 3.63) is 29.3 Å². The zero-order valence-electron chi connectivity index (χ0n) is 13.9. The van der Waals surface area contributed by atoms with Gasteiger partial charge < -0.3 is 0 Å². The molecule has 134 valence electrons. The van der Waals surface area contributed by atoms with Crippen molar-refractivity contribution in [3.8, 4) is 0 Å². The molecule has 0 N–H and O–H groups in total. The summed E-state index contributed by atoms with van der Waals surface area (Å²) < 4.78 is 52.7. The van der Waals surface area contributed by atoms with Gasteiger partial charge in [-0.25, -0.2) is 16.8 Å². The highest BCUT2D eigenvalue weighted by Crippen LogP contribution is 2.27. The lowest BCUT2D eigenvalue weighted by Crippen LogP contribution is -2.50. The Morgan fingerprint density at radius 2 is 1.54 bits per heavy atom. The second-order valence-corrected chi connectivity index (χ2v) is 10.4. The Morgan fingerprint density at radius 1 is 0.917 bits per heavy atom. The largest absolute Gasteiger partial charge is 0.243 e. The van der Waals surface area contributed by atoms with Gasteiger partial charge in [-0.1, -0.05) is 13.0 Å². The van der Waals surface area contributed by atoms with E-state index in [1.807, 2.05) is 13.0 Å². The normalized spacial score (nSPS) is 20.2. The highest BCUT2D eigenvalue weighted by atomic mass is 32.2. The first-order valence-corrected chi connectivity index (χ1v) is 11.5. The first-order valence-electron chi connectivity index (χ1n) is 8.44. The summed E-state index contributed by atoms with van der Waals surface area (Å²) in [6, 6.07) is 5.38. The molecule has 2 aliphatic rings. The molecule has 1 saturated heterocycles. The molecule has 8 heteroatoms. The molecule has 0 atom stereocenters. The molecule has 0 bridgehead atoms. The average Bonchev–Trinajstić information content (AvgIpc) is 3.02. The molecule has 24 heavy (non-hydrogen) atoms. The zero-order chi connectivity index (χ0) is 17.4. The number of fused-ring (bicyclic) bond motifs is 1. The van der Waals surface area contributed by atoms with Gasteiger partial charge >= 0.3 is 0 Å². The van der Waals surface area contributed by atoms with Crippen LogP contribution in [0.3, 0.4) is 0 Å². The van der Waals surface area contributed by atoms with E-state index in [1.165, 1.54) is 14.2 Å². The fourth-order valence-corrected chi connectivity index (χ4v) is 6.40. The molecule has 0 aromatic heterocycles. The summed E-state index contributed by atoms with van der Waals surface area (Å²) in [4.78, 5) is 0.327. The maximum Gasteiger partial charge on any atom is 0.243 e. The van der Waals surface area contributed by atoms with Crippen molar-refractivity contribution >= 4 is 20.0 Å². The van der Waals surface area contributed by atoms with Crippen LogP contribution < -0.4 is 0 Å². The van der Waals surface area contributed by atoms with Crippen LogP contribution in [0.4, 0.5) is 0 Å². The molecule has 1 fully saturated rings. The highest BCUT2D eigenvalue weighted by molar-refractivity contribution is 7.89. The Hall–Kier alpha value is -0.960. The number of benzene rings is 1. The molecular weight excluding hydrogens is 348 g/mol. The van der Waals surface area contributed by atoms with Crippen LogP contribution in [0.2, 0.25) is 0 Å². The first kappa shape index (κ1) is 17.8. The van der Waals surface area contributed by atoms with E-state index >= 15 is 0 Å². The number of hydrogen-bond donors (Lipinski definition) is 0. The molecular formula is C16H24N2O4S2. The molecule has 3 rings (SSSR count). The van der Waals surface area contributed by atoms with Crippen LogP contribution >= 0.6 is 0 Å². The Morgan fingerprint density at radius 3 is 2.21 bits per heavy atom. The quantitative estimate of drug-likeness (QED) is 0.779. The van der Waals surface area contributed by atoms with Crippen molar-refractivity contribution in [1.82, 2.24) is 8.61 Å². The summed E-state index contributed by atoms with van der Waals surface area (Å²) in [5.41, 5.74) is 2.37. The Labute approximate surface area is 144 Å². The van der Waals surface area contributed by atoms with Gasteiger partial charge in [-0.2, -0.15) is 8.61 Å². The number of piperazine rings is 1. The maximum absolute atomic E-state index is 12.8. The van der Waals surface area contributed by atoms with E-state index in [4.69, 9.17) is 0 Å². The number of rotatable bonds is 5. The third kappa shape index (κ3) is 3.37. The molecule has 0 saturated carbocycles. The van der Waals surface area contributed by atoms with Crippen LogP contribution in [0.15, 0.2) is 23.1 Å². The first-order chi connectivity index (χ1) is 11.3. The third-order valence-electron chi connectivity index (χ3n) is 4.76. The molecule has 1 aliphatic heterocycles. The zero-order valence-corrected chi connectivity index (χ0v) is 15.6. The minimum absolute atomic E-state index is 0.116. The molecule has 0 radical (unpaired) electrons. The van der Waals surface area contributed by atoms with Gasteiger partial charge in [0.1, 0.15) is 0 Å². The molecule has 0 amide bonds. The monoisotopic (exact) mass is 372 g/mol. The fraction of sp³-hybridized carbons (Fsp3) is 0.625. The lowest BCUT2D eigenvalue weighted by atomic mass is 10.1. The Balaban J connectivity index is 1.74. The molecule has 6 nitrogen and oxygen atoms in total. The molecule has 0 spiro atoms. The van der Waals surface area contributed by atoms with Crippen molar-refractivity contribution in [2.45, 2.75) is 37.5 Å². The van der Waals surface area contributed by atoms with Crippen molar-refractivity contribution in [2.75, 3.05) is 31.9 Å². The predicted octanol–water partition coefficient (Wildman–Crippen LogP) is 1.22. The Bertz CT molecular complexity index is 810. The third-order valence-corrected chi connectivity index (χ3v) is 8.73. The van der Waals surface area contributed by atoms with Crippen LogP contribution in [-0.4, -0.2) is 57.4 Å². The van der Waals surface area contributed by atoms with E-state index in [0.29, 0.717) is 11.3 Å². The second-order valence-electron chi connectivity index (χ2n) is 6.40. The molecule has 1 aromatic carbocycles. The van der Waals surface area contributed by atoms with Crippen molar-refractivity contribution in [1.29, 1.82) is 0 Å². The van der Waals surface area contributed by atoms with Crippen LogP contribution in [-0.2, 0) is 32.9 Å². The predicted molar refractivity (Wildman–Crippen MR) is 92.9 cm³/mol. The van der Waals surface area contributed by atoms with E-state index in [0.717, 1.165) is 24.8 Å². The smallest absolute Gasteiger partial charge is 0.212 e. The number of sulfonamides is 2. The van der Waals surface area contributed by atoms with Crippen LogP contribution in [0, 0.1) is 0 Å². The molecule has 0 unspecified atom stereocenters. The van der Waals surface area contributed by atoms with Gasteiger partial charge in [0.25, 0.3) is 0 Å². The van der Waals surface area contributed by atoms with Crippen LogP contribution in [0.1, 0.15) is 30.9 Å². The SMILES string of the molecule is CCCS(=O)(=O)N1CCN(S(=O)(=O)c2ccc3c(c2)CCC3)CC1. The van der Waals surface area contributed by atoms with Gasteiger partial charge in [0.2, 0.25) is 20.0 Å². The average molecular weight is 373 g/mol. The molecule has 1 heterocycles. The van der Waals surface area contributed by atoms with E-state index in [9.17, 15) is 16.8 Å².